The number of hydrogen-bond acceptors (Lipinski definition) is 7. The van der Waals surface area contributed by atoms with Gasteiger partial charge in [0.1, 0.15) is 16.3 Å². The average Bonchev–Trinajstić information content (AvgIpc) is 3.24. The molecule has 0 aliphatic carbocycles. The van der Waals surface area contributed by atoms with Gasteiger partial charge in [-0.25, -0.2) is 4.98 Å². The summed E-state index contributed by atoms with van der Waals surface area (Å²) in [6, 6.07) is 12.3. The smallest absolute Gasteiger partial charge is 0.287 e. The van der Waals surface area contributed by atoms with Crippen LogP contribution in [0.5, 0.6) is 11.6 Å². The predicted molar refractivity (Wildman–Crippen MR) is 136 cm³/mol. The molecule has 0 saturated carbocycles. The first kappa shape index (κ1) is 23.4. The first-order valence-electron chi connectivity index (χ1n) is 10.2. The molecule has 1 aliphatic heterocycles. The number of hydrogen-bond donors (Lipinski definition) is 0. The number of aryl methyl sites for hydroxylation is 1. The highest BCUT2D eigenvalue weighted by Gasteiger charge is 2.31. The maximum atomic E-state index is 12.7. The third-order valence-electron chi connectivity index (χ3n) is 5.19. The van der Waals surface area contributed by atoms with Gasteiger partial charge in [0.05, 0.1) is 9.83 Å². The molecule has 0 spiro atoms. The van der Waals surface area contributed by atoms with E-state index in [9.17, 15) is 14.9 Å². The minimum absolute atomic E-state index is 0.0973. The van der Waals surface area contributed by atoms with Crippen LogP contribution in [0.2, 0.25) is 0 Å². The summed E-state index contributed by atoms with van der Waals surface area (Å²) in [7, 11) is 0. The number of aromatic nitrogens is 2. The van der Waals surface area contributed by atoms with E-state index in [4.69, 9.17) is 17.0 Å². The van der Waals surface area contributed by atoms with Crippen LogP contribution >= 0.6 is 24.0 Å². The number of nitrogens with zero attached hydrogens (tertiary/aromatic N) is 4. The van der Waals surface area contributed by atoms with Crippen LogP contribution in [0.3, 0.4) is 0 Å². The van der Waals surface area contributed by atoms with Crippen molar-refractivity contribution in [3.8, 4) is 17.3 Å². The summed E-state index contributed by atoms with van der Waals surface area (Å²) in [6.07, 6.45) is 4.69. The van der Waals surface area contributed by atoms with Gasteiger partial charge in [0.2, 0.25) is 5.88 Å². The van der Waals surface area contributed by atoms with Gasteiger partial charge in [0.25, 0.3) is 11.6 Å². The molecule has 0 N–H and O–H groups in total. The molecule has 4 rings (SSSR count). The molecule has 34 heavy (non-hydrogen) atoms. The first-order valence-corrected chi connectivity index (χ1v) is 11.4. The zero-order valence-electron chi connectivity index (χ0n) is 18.4. The van der Waals surface area contributed by atoms with Gasteiger partial charge in [-0.1, -0.05) is 30.1 Å². The summed E-state index contributed by atoms with van der Waals surface area (Å²) in [5.74, 6) is 0.711. The molecule has 3 heterocycles. The van der Waals surface area contributed by atoms with Gasteiger partial charge >= 0.3 is 0 Å². The maximum absolute atomic E-state index is 12.7. The van der Waals surface area contributed by atoms with Crippen LogP contribution in [-0.2, 0) is 4.79 Å². The second-order valence-electron chi connectivity index (χ2n) is 7.45. The standard InChI is InChI=1S/C24H20N4O4S2/c1-4-11-26-23(29)21(34-24(26)33)13-17-12-15(2)27(16(17)3)18-5-8-20(9-6-18)32-22-10-7-19(14-25-22)28(30)31/h4-10,12-14H,1,11H2,2-3H3/b21-13-. The number of ether oxygens (including phenoxy) is 1. The van der Waals surface area contributed by atoms with E-state index in [1.807, 2.05) is 38.1 Å². The second-order valence-corrected chi connectivity index (χ2v) is 9.13. The van der Waals surface area contributed by atoms with Gasteiger partial charge in [0.15, 0.2) is 0 Å². The lowest BCUT2D eigenvalue weighted by Gasteiger charge is -2.11. The number of carbonyl (C=O) groups is 1. The van der Waals surface area contributed by atoms with Crippen LogP contribution in [0.1, 0.15) is 17.0 Å². The molecule has 0 radical (unpaired) electrons. The van der Waals surface area contributed by atoms with Crippen LogP contribution in [0.4, 0.5) is 5.69 Å². The molecule has 10 heteroatoms. The predicted octanol–water partition coefficient (Wildman–Crippen LogP) is 5.58. The molecule has 1 aliphatic rings. The third-order valence-corrected chi connectivity index (χ3v) is 6.57. The highest BCUT2D eigenvalue weighted by atomic mass is 32.2. The molecule has 1 saturated heterocycles. The second kappa shape index (κ2) is 9.62. The summed E-state index contributed by atoms with van der Waals surface area (Å²) in [4.78, 5) is 29.0. The average molecular weight is 493 g/mol. The van der Waals surface area contributed by atoms with Crippen molar-refractivity contribution in [3.05, 3.63) is 93.3 Å². The van der Waals surface area contributed by atoms with Crippen molar-refractivity contribution in [2.45, 2.75) is 13.8 Å². The number of nitro groups is 1. The highest BCUT2D eigenvalue weighted by Crippen LogP contribution is 2.34. The van der Waals surface area contributed by atoms with E-state index >= 15 is 0 Å². The zero-order valence-corrected chi connectivity index (χ0v) is 20.1. The van der Waals surface area contributed by atoms with Gasteiger partial charge in [-0.15, -0.1) is 6.58 Å². The molecular weight excluding hydrogens is 472 g/mol. The number of pyridine rings is 1. The van der Waals surface area contributed by atoms with Crippen LogP contribution in [0, 0.1) is 24.0 Å². The minimum Gasteiger partial charge on any atom is -0.439 e. The molecule has 2 aromatic heterocycles. The third kappa shape index (κ3) is 4.63. The van der Waals surface area contributed by atoms with Gasteiger partial charge in [-0.05, 0) is 55.8 Å². The van der Waals surface area contributed by atoms with Crippen molar-refractivity contribution < 1.29 is 14.5 Å². The van der Waals surface area contributed by atoms with Gasteiger partial charge < -0.3 is 9.30 Å². The number of thioether (sulfide) groups is 1. The highest BCUT2D eigenvalue weighted by molar-refractivity contribution is 8.26. The summed E-state index contributed by atoms with van der Waals surface area (Å²) in [5.41, 5.74) is 3.76. The molecular formula is C24H20N4O4S2. The van der Waals surface area contributed by atoms with Crippen molar-refractivity contribution in [3.63, 3.8) is 0 Å². The number of amides is 1. The van der Waals surface area contributed by atoms with Crippen molar-refractivity contribution in [2.24, 2.45) is 0 Å². The van der Waals surface area contributed by atoms with Crippen molar-refractivity contribution in [1.82, 2.24) is 14.5 Å². The fourth-order valence-corrected chi connectivity index (χ4v) is 4.85. The van der Waals surface area contributed by atoms with Crippen LogP contribution in [0.25, 0.3) is 11.8 Å². The van der Waals surface area contributed by atoms with Gasteiger partial charge in [-0.2, -0.15) is 0 Å². The SMILES string of the molecule is C=CCN1C(=O)/C(=C/c2cc(C)n(-c3ccc(Oc4ccc([N+](=O)[O-])cn4)cc3)c2C)SC1=S. The lowest BCUT2D eigenvalue weighted by molar-refractivity contribution is -0.385. The molecule has 1 aromatic carbocycles. The molecule has 3 aromatic rings. The molecule has 172 valence electrons. The molecule has 0 unspecified atom stereocenters. The van der Waals surface area contributed by atoms with Gasteiger partial charge in [0, 0.05) is 35.8 Å². The Morgan fingerprint density at radius 3 is 2.59 bits per heavy atom. The largest absolute Gasteiger partial charge is 0.439 e. The van der Waals surface area contributed by atoms with Crippen molar-refractivity contribution >= 4 is 46.0 Å². The van der Waals surface area contributed by atoms with E-state index in [1.54, 1.807) is 18.2 Å². The van der Waals surface area contributed by atoms with Crippen molar-refractivity contribution in [2.75, 3.05) is 6.54 Å². The Bertz CT molecular complexity index is 1330. The first-order chi connectivity index (χ1) is 16.3. The molecule has 1 fully saturated rings. The van der Waals surface area contributed by atoms with Crippen LogP contribution in [0.15, 0.2) is 66.2 Å². The van der Waals surface area contributed by atoms with Crippen LogP contribution in [-0.4, -0.2) is 36.1 Å². The van der Waals surface area contributed by atoms with Gasteiger partial charge in [-0.3, -0.25) is 19.8 Å². The number of rotatable bonds is 7. The molecule has 0 bridgehead atoms. The summed E-state index contributed by atoms with van der Waals surface area (Å²) >= 11 is 6.61. The Morgan fingerprint density at radius 1 is 1.24 bits per heavy atom. The quantitative estimate of drug-likeness (QED) is 0.140. The van der Waals surface area contributed by atoms with E-state index in [-0.39, 0.29) is 17.5 Å². The summed E-state index contributed by atoms with van der Waals surface area (Å²) < 4.78 is 8.31. The number of thiocarbonyl (C=S) groups is 1. The molecule has 1 amide bonds. The Hall–Kier alpha value is -3.76. The molecule has 0 atom stereocenters. The monoisotopic (exact) mass is 492 g/mol. The van der Waals surface area contributed by atoms with E-state index in [0.717, 1.165) is 28.8 Å². The Labute approximate surface area is 205 Å². The van der Waals surface area contributed by atoms with E-state index < -0.39 is 4.92 Å². The number of carbonyl (C=O) groups excluding carboxylic acids is 1. The molecule has 8 nitrogen and oxygen atoms in total. The Balaban J connectivity index is 1.55. The van der Waals surface area contributed by atoms with E-state index in [1.165, 1.54) is 28.8 Å². The normalized spacial score (nSPS) is 14.6. The summed E-state index contributed by atoms with van der Waals surface area (Å²) in [5, 5.41) is 10.8. The topological polar surface area (TPSA) is 90.5 Å². The number of benzene rings is 1. The maximum Gasteiger partial charge on any atom is 0.287 e. The van der Waals surface area contributed by atoms with E-state index in [2.05, 4.69) is 16.1 Å². The minimum atomic E-state index is -0.510. The lowest BCUT2D eigenvalue weighted by atomic mass is 10.2. The zero-order chi connectivity index (χ0) is 24.4. The Morgan fingerprint density at radius 2 is 1.97 bits per heavy atom. The fraction of sp³-hybridized carbons (Fsp3) is 0.125. The Kier molecular flexibility index (Phi) is 6.62. The van der Waals surface area contributed by atoms with Crippen molar-refractivity contribution in [1.29, 1.82) is 0 Å². The summed E-state index contributed by atoms with van der Waals surface area (Å²) in [6.45, 7) is 8.07. The fourth-order valence-electron chi connectivity index (χ4n) is 3.58. The lowest BCUT2D eigenvalue weighted by Crippen LogP contribution is -2.27. The van der Waals surface area contributed by atoms with Crippen LogP contribution < -0.4 is 4.74 Å². The van der Waals surface area contributed by atoms with E-state index in [0.29, 0.717) is 21.5 Å².